The Labute approximate surface area is 106 Å². The van der Waals surface area contributed by atoms with E-state index in [2.05, 4.69) is 12.2 Å². The molecule has 0 aromatic carbocycles. The third-order valence-electron chi connectivity index (χ3n) is 3.27. The van der Waals surface area contributed by atoms with E-state index in [4.69, 9.17) is 5.11 Å². The minimum atomic E-state index is -0.836. The molecule has 0 radical (unpaired) electrons. The molecular weight excluding hydrogens is 234 g/mol. The fourth-order valence-corrected chi connectivity index (χ4v) is 2.79. The monoisotopic (exact) mass is 253 g/mol. The second kappa shape index (κ2) is 5.65. The summed E-state index contributed by atoms with van der Waals surface area (Å²) in [6, 6.07) is 2.35. The summed E-state index contributed by atoms with van der Waals surface area (Å²) >= 11 is 1.52. The van der Waals surface area contributed by atoms with E-state index in [1.165, 1.54) is 30.6 Å². The van der Waals surface area contributed by atoms with Gasteiger partial charge in [0, 0.05) is 22.8 Å². The molecule has 1 saturated carbocycles. The lowest BCUT2D eigenvalue weighted by Crippen LogP contribution is -2.28. The van der Waals surface area contributed by atoms with Crippen molar-refractivity contribution in [2.24, 2.45) is 5.92 Å². The average Bonchev–Trinajstić information content (AvgIpc) is 2.99. The normalized spacial score (nSPS) is 17.0. The van der Waals surface area contributed by atoms with Crippen LogP contribution >= 0.6 is 11.3 Å². The minimum absolute atomic E-state index is 0.405. The fourth-order valence-electron chi connectivity index (χ4n) is 1.98. The first kappa shape index (κ1) is 12.6. The van der Waals surface area contributed by atoms with E-state index in [9.17, 15) is 4.79 Å². The molecular formula is C13H19NO2S. The third kappa shape index (κ3) is 3.82. The summed E-state index contributed by atoms with van der Waals surface area (Å²) in [4.78, 5) is 11.9. The largest absolute Gasteiger partial charge is 0.478 e. The second-order valence-corrected chi connectivity index (χ2v) is 5.77. The van der Waals surface area contributed by atoms with E-state index in [0.717, 1.165) is 23.8 Å². The lowest BCUT2D eigenvalue weighted by atomic mass is 10.1. The van der Waals surface area contributed by atoms with Crippen LogP contribution in [0, 0.1) is 5.92 Å². The number of thiophene rings is 1. The number of hydrogen-bond donors (Lipinski definition) is 2. The molecule has 1 aromatic rings. The molecule has 2 rings (SSSR count). The van der Waals surface area contributed by atoms with Gasteiger partial charge >= 0.3 is 5.97 Å². The van der Waals surface area contributed by atoms with Crippen molar-refractivity contribution in [1.29, 1.82) is 0 Å². The first-order chi connectivity index (χ1) is 8.19. The maximum absolute atomic E-state index is 10.7. The molecule has 1 aliphatic carbocycles. The van der Waals surface area contributed by atoms with Crippen LogP contribution in [0.1, 0.15) is 47.8 Å². The van der Waals surface area contributed by atoms with Gasteiger partial charge in [-0.3, -0.25) is 0 Å². The molecule has 0 amide bonds. The average molecular weight is 253 g/mol. The number of carboxylic acids is 1. The first-order valence-electron chi connectivity index (χ1n) is 6.23. The van der Waals surface area contributed by atoms with Crippen LogP contribution in [0.5, 0.6) is 0 Å². The molecule has 1 heterocycles. The van der Waals surface area contributed by atoms with Crippen molar-refractivity contribution >= 4 is 17.3 Å². The standard InChI is InChI=1S/C13H19NO2S/c1-2-11(5-9-3-4-9)14-7-12-6-10(8-17-12)13(15)16/h6,8-9,11,14H,2-5,7H2,1H3,(H,15,16). The van der Waals surface area contributed by atoms with Crippen molar-refractivity contribution in [2.45, 2.75) is 45.2 Å². The van der Waals surface area contributed by atoms with Gasteiger partial charge < -0.3 is 10.4 Å². The van der Waals surface area contributed by atoms with Crippen molar-refractivity contribution in [2.75, 3.05) is 0 Å². The van der Waals surface area contributed by atoms with Gasteiger partial charge in [0.25, 0.3) is 0 Å². The predicted octanol–water partition coefficient (Wildman–Crippen LogP) is 3.11. The Morgan fingerprint density at radius 2 is 2.41 bits per heavy atom. The maximum atomic E-state index is 10.7. The second-order valence-electron chi connectivity index (χ2n) is 4.77. The van der Waals surface area contributed by atoms with Crippen LogP contribution in [0.3, 0.4) is 0 Å². The van der Waals surface area contributed by atoms with Crippen molar-refractivity contribution in [1.82, 2.24) is 5.32 Å². The molecule has 1 unspecified atom stereocenters. The number of nitrogens with one attached hydrogen (secondary N) is 1. The molecule has 3 nitrogen and oxygen atoms in total. The molecule has 0 spiro atoms. The number of hydrogen-bond acceptors (Lipinski definition) is 3. The Morgan fingerprint density at radius 3 is 2.94 bits per heavy atom. The zero-order valence-corrected chi connectivity index (χ0v) is 10.9. The fraction of sp³-hybridized carbons (Fsp3) is 0.615. The molecule has 0 aliphatic heterocycles. The van der Waals surface area contributed by atoms with Crippen LogP contribution in [-0.4, -0.2) is 17.1 Å². The van der Waals surface area contributed by atoms with Gasteiger partial charge in [-0.1, -0.05) is 19.8 Å². The molecule has 1 atom stereocenters. The molecule has 1 aliphatic rings. The Hall–Kier alpha value is -0.870. The van der Waals surface area contributed by atoms with Crippen LogP contribution in [0.15, 0.2) is 11.4 Å². The summed E-state index contributed by atoms with van der Waals surface area (Å²) in [5.41, 5.74) is 0.405. The predicted molar refractivity (Wildman–Crippen MR) is 69.5 cm³/mol. The molecule has 1 fully saturated rings. The van der Waals surface area contributed by atoms with Crippen molar-refractivity contribution in [3.05, 3.63) is 21.9 Å². The highest BCUT2D eigenvalue weighted by atomic mass is 32.1. The van der Waals surface area contributed by atoms with E-state index in [1.54, 1.807) is 11.4 Å². The Morgan fingerprint density at radius 1 is 1.65 bits per heavy atom. The Kier molecular flexibility index (Phi) is 4.18. The van der Waals surface area contributed by atoms with Crippen molar-refractivity contribution < 1.29 is 9.90 Å². The Balaban J connectivity index is 1.80. The van der Waals surface area contributed by atoms with E-state index in [-0.39, 0.29) is 0 Å². The summed E-state index contributed by atoms with van der Waals surface area (Å²) in [5.74, 6) is 0.0999. The van der Waals surface area contributed by atoms with Crippen molar-refractivity contribution in [3.8, 4) is 0 Å². The third-order valence-corrected chi connectivity index (χ3v) is 4.21. The van der Waals surface area contributed by atoms with Gasteiger partial charge in [0.05, 0.1) is 5.56 Å². The highest BCUT2D eigenvalue weighted by Gasteiger charge is 2.24. The minimum Gasteiger partial charge on any atom is -0.478 e. The SMILES string of the molecule is CCC(CC1CC1)NCc1cc(C(=O)O)cs1. The smallest absolute Gasteiger partial charge is 0.336 e. The summed E-state index contributed by atoms with van der Waals surface area (Å²) < 4.78 is 0. The van der Waals surface area contributed by atoms with E-state index in [1.807, 2.05) is 0 Å². The van der Waals surface area contributed by atoms with Crippen molar-refractivity contribution in [3.63, 3.8) is 0 Å². The zero-order chi connectivity index (χ0) is 12.3. The zero-order valence-electron chi connectivity index (χ0n) is 10.1. The van der Waals surface area contributed by atoms with Gasteiger partial charge in [0.2, 0.25) is 0 Å². The topological polar surface area (TPSA) is 49.3 Å². The molecule has 17 heavy (non-hydrogen) atoms. The van der Waals surface area contributed by atoms with E-state index >= 15 is 0 Å². The number of rotatable bonds is 7. The van der Waals surface area contributed by atoms with Gasteiger partial charge in [-0.15, -0.1) is 11.3 Å². The number of carbonyl (C=O) groups is 1. The highest BCUT2D eigenvalue weighted by Crippen LogP contribution is 2.34. The van der Waals surface area contributed by atoms with E-state index < -0.39 is 5.97 Å². The van der Waals surface area contributed by atoms with Crippen LogP contribution < -0.4 is 5.32 Å². The van der Waals surface area contributed by atoms with Gasteiger partial charge in [-0.05, 0) is 24.8 Å². The molecule has 94 valence electrons. The maximum Gasteiger partial charge on any atom is 0.336 e. The summed E-state index contributed by atoms with van der Waals surface area (Å²) in [6.07, 6.45) is 5.20. The number of aromatic carboxylic acids is 1. The summed E-state index contributed by atoms with van der Waals surface area (Å²) in [7, 11) is 0. The summed E-state index contributed by atoms with van der Waals surface area (Å²) in [6.45, 7) is 3.00. The Bertz CT molecular complexity index is 385. The lowest BCUT2D eigenvalue weighted by molar-refractivity contribution is 0.0697. The molecule has 1 aromatic heterocycles. The summed E-state index contributed by atoms with van der Waals surface area (Å²) in [5, 5.41) is 14.1. The molecule has 0 bridgehead atoms. The quantitative estimate of drug-likeness (QED) is 0.785. The molecule has 2 N–H and O–H groups in total. The lowest BCUT2D eigenvalue weighted by Gasteiger charge is -2.15. The highest BCUT2D eigenvalue weighted by molar-refractivity contribution is 7.10. The first-order valence-corrected chi connectivity index (χ1v) is 7.11. The van der Waals surface area contributed by atoms with Crippen LogP contribution in [0.4, 0.5) is 0 Å². The number of carboxylic acid groups (broad SMARTS) is 1. The molecule has 0 saturated heterocycles. The van der Waals surface area contributed by atoms with Gasteiger partial charge in [0.1, 0.15) is 0 Å². The van der Waals surface area contributed by atoms with Gasteiger partial charge in [0.15, 0.2) is 0 Å². The van der Waals surface area contributed by atoms with E-state index in [0.29, 0.717) is 11.6 Å². The van der Waals surface area contributed by atoms with Crippen LogP contribution in [-0.2, 0) is 6.54 Å². The van der Waals surface area contributed by atoms with Gasteiger partial charge in [-0.25, -0.2) is 4.79 Å². The van der Waals surface area contributed by atoms with Crippen LogP contribution in [0.2, 0.25) is 0 Å². The van der Waals surface area contributed by atoms with Crippen LogP contribution in [0.25, 0.3) is 0 Å². The molecule has 4 heteroatoms. The van der Waals surface area contributed by atoms with Gasteiger partial charge in [-0.2, -0.15) is 0 Å².